The van der Waals surface area contributed by atoms with Crippen molar-refractivity contribution < 1.29 is 0 Å². The number of likely N-dealkylation sites (tertiary alicyclic amines) is 1. The lowest BCUT2D eigenvalue weighted by Gasteiger charge is -2.30. The number of thiazole rings is 1. The summed E-state index contributed by atoms with van der Waals surface area (Å²) in [5.74, 6) is 0. The van der Waals surface area contributed by atoms with Gasteiger partial charge in [-0.25, -0.2) is 4.98 Å². The Bertz CT molecular complexity index is 358. The van der Waals surface area contributed by atoms with Crippen molar-refractivity contribution in [2.45, 2.75) is 38.8 Å². The molecule has 18 heavy (non-hydrogen) atoms. The molecule has 1 aliphatic rings. The zero-order valence-electron chi connectivity index (χ0n) is 11.4. The van der Waals surface area contributed by atoms with Crippen LogP contribution in [0.3, 0.4) is 0 Å². The Hall–Kier alpha value is -0.490. The normalized spacial score (nSPS) is 20.2. The van der Waals surface area contributed by atoms with Gasteiger partial charge < -0.3 is 16.0 Å². The molecule has 4 nitrogen and oxygen atoms in total. The van der Waals surface area contributed by atoms with E-state index in [1.165, 1.54) is 5.01 Å². The fourth-order valence-electron chi connectivity index (χ4n) is 2.27. The molecule has 1 unspecified atom stereocenters. The van der Waals surface area contributed by atoms with E-state index in [1.54, 1.807) is 11.3 Å². The number of hydrogen-bond acceptors (Lipinski definition) is 5. The lowest BCUT2D eigenvalue weighted by molar-refractivity contribution is 0.212. The van der Waals surface area contributed by atoms with Gasteiger partial charge in [0.05, 0.1) is 6.04 Å². The van der Waals surface area contributed by atoms with E-state index in [2.05, 4.69) is 27.5 Å². The molecule has 1 aromatic heterocycles. The Morgan fingerprint density at radius 1 is 1.56 bits per heavy atom. The van der Waals surface area contributed by atoms with Crippen molar-refractivity contribution in [2.75, 3.05) is 26.2 Å². The quantitative estimate of drug-likeness (QED) is 0.850. The molecule has 1 aliphatic heterocycles. The molecule has 0 radical (unpaired) electrons. The second-order valence-corrected chi connectivity index (χ2v) is 6.07. The Morgan fingerprint density at radius 3 is 2.89 bits per heavy atom. The smallest absolute Gasteiger partial charge is 0.110 e. The van der Waals surface area contributed by atoms with E-state index in [-0.39, 0.29) is 0 Å². The van der Waals surface area contributed by atoms with Crippen LogP contribution in [0.5, 0.6) is 0 Å². The second kappa shape index (κ2) is 6.61. The summed E-state index contributed by atoms with van der Waals surface area (Å²) in [4.78, 5) is 7.01. The standard InChI is InChI=1S/C13H24N4S/c1-10-9-18-13(16-10)11(2)15-5-8-17-6-3-12(14)4-7-17/h9,11-12,15H,3-8,14H2,1-2H3. The highest BCUT2D eigenvalue weighted by Crippen LogP contribution is 2.17. The zero-order valence-corrected chi connectivity index (χ0v) is 12.2. The van der Waals surface area contributed by atoms with Crippen molar-refractivity contribution in [3.8, 4) is 0 Å². The van der Waals surface area contributed by atoms with E-state index in [9.17, 15) is 0 Å². The maximum atomic E-state index is 5.90. The van der Waals surface area contributed by atoms with Crippen LogP contribution in [0.15, 0.2) is 5.38 Å². The van der Waals surface area contributed by atoms with Crippen LogP contribution in [0, 0.1) is 6.92 Å². The van der Waals surface area contributed by atoms with Gasteiger partial charge in [-0.15, -0.1) is 11.3 Å². The van der Waals surface area contributed by atoms with Gasteiger partial charge in [-0.1, -0.05) is 0 Å². The minimum Gasteiger partial charge on any atom is -0.328 e. The van der Waals surface area contributed by atoms with E-state index < -0.39 is 0 Å². The Labute approximate surface area is 114 Å². The van der Waals surface area contributed by atoms with Gasteiger partial charge in [0.2, 0.25) is 0 Å². The third-order valence-electron chi connectivity index (χ3n) is 3.52. The molecule has 3 N–H and O–H groups in total. The molecule has 5 heteroatoms. The Morgan fingerprint density at radius 2 is 2.28 bits per heavy atom. The van der Waals surface area contributed by atoms with Gasteiger partial charge in [0.15, 0.2) is 0 Å². The molecule has 0 amide bonds. The molecule has 0 spiro atoms. The first-order valence-corrected chi connectivity index (χ1v) is 7.66. The highest BCUT2D eigenvalue weighted by atomic mass is 32.1. The molecule has 102 valence electrons. The summed E-state index contributed by atoms with van der Waals surface area (Å²) in [7, 11) is 0. The second-order valence-electron chi connectivity index (χ2n) is 5.18. The lowest BCUT2D eigenvalue weighted by Crippen LogP contribution is -2.42. The first-order chi connectivity index (χ1) is 8.65. The molecule has 1 saturated heterocycles. The van der Waals surface area contributed by atoms with Gasteiger partial charge in [-0.2, -0.15) is 0 Å². The first kappa shape index (κ1) is 13.9. The van der Waals surface area contributed by atoms with Crippen molar-refractivity contribution in [2.24, 2.45) is 5.73 Å². The Kier molecular flexibility index (Phi) is 5.12. The average molecular weight is 268 g/mol. The van der Waals surface area contributed by atoms with Crippen LogP contribution in [-0.2, 0) is 0 Å². The van der Waals surface area contributed by atoms with Gasteiger partial charge >= 0.3 is 0 Å². The number of aryl methyl sites for hydroxylation is 1. The topological polar surface area (TPSA) is 54.2 Å². The summed E-state index contributed by atoms with van der Waals surface area (Å²) in [6.07, 6.45) is 2.28. The van der Waals surface area contributed by atoms with Crippen LogP contribution < -0.4 is 11.1 Å². The number of piperidine rings is 1. The third-order valence-corrected chi connectivity index (χ3v) is 4.66. The molecule has 0 saturated carbocycles. The van der Waals surface area contributed by atoms with Crippen molar-refractivity contribution in [3.63, 3.8) is 0 Å². The summed E-state index contributed by atoms with van der Waals surface area (Å²) in [5, 5.41) is 6.84. The van der Waals surface area contributed by atoms with Crippen molar-refractivity contribution in [1.82, 2.24) is 15.2 Å². The maximum absolute atomic E-state index is 5.90. The van der Waals surface area contributed by atoms with Crippen molar-refractivity contribution in [3.05, 3.63) is 16.1 Å². The molecule has 2 heterocycles. The highest BCUT2D eigenvalue weighted by molar-refractivity contribution is 7.09. The third kappa shape index (κ3) is 4.02. The van der Waals surface area contributed by atoms with E-state index in [0.717, 1.165) is 44.7 Å². The molecule has 1 fully saturated rings. The van der Waals surface area contributed by atoms with E-state index in [1.807, 2.05) is 6.92 Å². The maximum Gasteiger partial charge on any atom is 0.110 e. The summed E-state index contributed by atoms with van der Waals surface area (Å²) in [6, 6.07) is 0.780. The minimum absolute atomic E-state index is 0.357. The van der Waals surface area contributed by atoms with Crippen LogP contribution in [0.2, 0.25) is 0 Å². The van der Waals surface area contributed by atoms with Gasteiger partial charge in [0.25, 0.3) is 0 Å². The summed E-state index contributed by atoms with van der Waals surface area (Å²) in [6.45, 7) is 8.66. The van der Waals surface area contributed by atoms with Crippen molar-refractivity contribution in [1.29, 1.82) is 0 Å². The molecule has 0 aliphatic carbocycles. The molecular formula is C13H24N4S. The van der Waals surface area contributed by atoms with Crippen LogP contribution in [0.1, 0.15) is 36.5 Å². The van der Waals surface area contributed by atoms with Gasteiger partial charge in [0, 0.05) is 30.2 Å². The van der Waals surface area contributed by atoms with Crippen LogP contribution in [-0.4, -0.2) is 42.1 Å². The molecule has 2 rings (SSSR count). The van der Waals surface area contributed by atoms with Gasteiger partial charge in [0.1, 0.15) is 5.01 Å². The number of aromatic nitrogens is 1. The highest BCUT2D eigenvalue weighted by Gasteiger charge is 2.16. The molecule has 1 atom stereocenters. The predicted molar refractivity (Wildman–Crippen MR) is 76.9 cm³/mol. The first-order valence-electron chi connectivity index (χ1n) is 6.78. The SMILES string of the molecule is Cc1csc(C(C)NCCN2CCC(N)CC2)n1. The van der Waals surface area contributed by atoms with Crippen molar-refractivity contribution >= 4 is 11.3 Å². The van der Waals surface area contributed by atoms with Crippen LogP contribution in [0.25, 0.3) is 0 Å². The average Bonchev–Trinajstić information content (AvgIpc) is 2.78. The Balaban J connectivity index is 1.66. The molecule has 1 aromatic rings. The van der Waals surface area contributed by atoms with Gasteiger partial charge in [-0.05, 0) is 39.8 Å². The number of nitrogens with one attached hydrogen (secondary N) is 1. The summed E-state index contributed by atoms with van der Waals surface area (Å²) < 4.78 is 0. The van der Waals surface area contributed by atoms with E-state index in [0.29, 0.717) is 12.1 Å². The number of nitrogens with zero attached hydrogens (tertiary/aromatic N) is 2. The van der Waals surface area contributed by atoms with Crippen LogP contribution >= 0.6 is 11.3 Å². The summed E-state index contributed by atoms with van der Waals surface area (Å²) >= 11 is 1.74. The number of hydrogen-bond donors (Lipinski definition) is 2. The monoisotopic (exact) mass is 268 g/mol. The lowest BCUT2D eigenvalue weighted by atomic mass is 10.1. The zero-order chi connectivity index (χ0) is 13.0. The van der Waals surface area contributed by atoms with Gasteiger partial charge in [-0.3, -0.25) is 0 Å². The molecule has 0 aromatic carbocycles. The molecule has 0 bridgehead atoms. The fraction of sp³-hybridized carbons (Fsp3) is 0.769. The van der Waals surface area contributed by atoms with E-state index >= 15 is 0 Å². The van der Waals surface area contributed by atoms with Crippen LogP contribution in [0.4, 0.5) is 0 Å². The summed E-state index contributed by atoms with van der Waals surface area (Å²) in [5.41, 5.74) is 7.02. The minimum atomic E-state index is 0.357. The largest absolute Gasteiger partial charge is 0.328 e. The number of rotatable bonds is 5. The number of nitrogens with two attached hydrogens (primary N) is 1. The van der Waals surface area contributed by atoms with E-state index in [4.69, 9.17) is 5.73 Å². The fourth-order valence-corrected chi connectivity index (χ4v) is 3.10. The predicted octanol–water partition coefficient (Wildman–Crippen LogP) is 1.53. The molecular weight excluding hydrogens is 244 g/mol.